The summed E-state index contributed by atoms with van der Waals surface area (Å²) in [4.78, 5) is 16.1. The summed E-state index contributed by atoms with van der Waals surface area (Å²) in [7, 11) is 0. The van der Waals surface area contributed by atoms with Crippen LogP contribution in [0.5, 0.6) is 0 Å². The van der Waals surface area contributed by atoms with Gasteiger partial charge in [0.1, 0.15) is 0 Å². The first-order chi connectivity index (χ1) is 10.1. The second kappa shape index (κ2) is 5.95. The normalized spacial score (nSPS) is 16.0. The molecule has 21 heavy (non-hydrogen) atoms. The maximum atomic E-state index is 11.9. The van der Waals surface area contributed by atoms with Crippen LogP contribution < -0.4 is 0 Å². The van der Waals surface area contributed by atoms with Crippen LogP contribution in [0.2, 0.25) is 0 Å². The number of nitrogens with zero attached hydrogens (tertiary/aromatic N) is 1. The topological polar surface area (TPSA) is 38.7 Å². The van der Waals surface area contributed by atoms with Gasteiger partial charge >= 0.3 is 5.97 Å². The molecule has 0 spiro atoms. The summed E-state index contributed by atoms with van der Waals surface area (Å²) in [6, 6.07) is 15.1. The minimum Gasteiger partial charge on any atom is -0.402 e. The maximum Gasteiger partial charge on any atom is 0.363 e. The number of cyclic esters (lactones) is 1. The average molecular weight is 407 g/mol. The van der Waals surface area contributed by atoms with Gasteiger partial charge in [-0.3, -0.25) is 0 Å². The summed E-state index contributed by atoms with van der Waals surface area (Å²) in [5, 5.41) is 0. The number of aliphatic imine (C=N–C) groups is 1. The zero-order chi connectivity index (χ0) is 14.8. The summed E-state index contributed by atoms with van der Waals surface area (Å²) in [6.07, 6.45) is 1.71. The Hall–Kier alpha value is -1.72. The molecule has 0 radical (unpaired) electrons. The molecule has 0 unspecified atom stereocenters. The molecule has 5 heteroatoms. The lowest BCUT2D eigenvalue weighted by Gasteiger charge is -1.98. The van der Waals surface area contributed by atoms with Crippen LogP contribution in [0.25, 0.3) is 6.08 Å². The van der Waals surface area contributed by atoms with E-state index >= 15 is 0 Å². The molecule has 0 atom stereocenters. The van der Waals surface area contributed by atoms with Gasteiger partial charge in [0.25, 0.3) is 0 Å². The van der Waals surface area contributed by atoms with Gasteiger partial charge in [-0.25, -0.2) is 9.79 Å². The predicted octanol–water partition coefficient (Wildman–Crippen LogP) is 4.56. The summed E-state index contributed by atoms with van der Waals surface area (Å²) >= 11 is 6.74. The van der Waals surface area contributed by atoms with Gasteiger partial charge in [-0.1, -0.05) is 44.0 Å². The van der Waals surface area contributed by atoms with Crippen LogP contribution in [0.4, 0.5) is 0 Å². The van der Waals surface area contributed by atoms with Crippen molar-refractivity contribution in [3.63, 3.8) is 0 Å². The van der Waals surface area contributed by atoms with Crippen molar-refractivity contribution in [2.24, 2.45) is 4.99 Å². The van der Waals surface area contributed by atoms with Gasteiger partial charge in [0, 0.05) is 14.5 Å². The fraction of sp³-hybridized carbons (Fsp3) is 0. The Morgan fingerprint density at radius 2 is 1.48 bits per heavy atom. The number of carbonyl (C=O) groups excluding carboxylic acids is 1. The van der Waals surface area contributed by atoms with Gasteiger partial charge in [0.2, 0.25) is 5.90 Å². The van der Waals surface area contributed by atoms with Crippen molar-refractivity contribution in [2.75, 3.05) is 0 Å². The van der Waals surface area contributed by atoms with Crippen molar-refractivity contribution in [1.29, 1.82) is 0 Å². The van der Waals surface area contributed by atoms with Gasteiger partial charge in [-0.2, -0.15) is 0 Å². The van der Waals surface area contributed by atoms with Crippen LogP contribution in [-0.4, -0.2) is 11.9 Å². The molecule has 2 aromatic rings. The smallest absolute Gasteiger partial charge is 0.363 e. The Balaban J connectivity index is 1.91. The van der Waals surface area contributed by atoms with Gasteiger partial charge in [0.15, 0.2) is 5.70 Å². The van der Waals surface area contributed by atoms with Crippen LogP contribution >= 0.6 is 31.9 Å². The molecule has 1 aliphatic heterocycles. The van der Waals surface area contributed by atoms with Gasteiger partial charge in [0.05, 0.1) is 0 Å². The fourth-order valence-corrected chi connectivity index (χ4v) is 2.37. The number of halogens is 2. The summed E-state index contributed by atoms with van der Waals surface area (Å²) in [5.74, 6) is -0.105. The van der Waals surface area contributed by atoms with Crippen molar-refractivity contribution >= 4 is 49.8 Å². The molecule has 1 aliphatic rings. The lowest BCUT2D eigenvalue weighted by atomic mass is 10.2. The van der Waals surface area contributed by atoms with E-state index in [9.17, 15) is 4.79 Å². The molecule has 0 saturated heterocycles. The van der Waals surface area contributed by atoms with E-state index in [1.807, 2.05) is 48.5 Å². The van der Waals surface area contributed by atoms with Crippen molar-refractivity contribution in [1.82, 2.24) is 0 Å². The highest BCUT2D eigenvalue weighted by Gasteiger charge is 2.23. The molecule has 2 aromatic carbocycles. The Morgan fingerprint density at radius 1 is 0.905 bits per heavy atom. The first kappa shape index (κ1) is 14.2. The third-order valence-electron chi connectivity index (χ3n) is 2.89. The lowest BCUT2D eigenvalue weighted by molar-refractivity contribution is -0.129. The van der Waals surface area contributed by atoms with E-state index in [0.717, 1.165) is 20.1 Å². The number of ether oxygens (including phenoxy) is 1. The SMILES string of the molecule is O=C1OC(c2ccc(Br)cc2)=N/C1=C\c1ccc(Br)cc1. The number of carbonyl (C=O) groups is 1. The Kier molecular flexibility index (Phi) is 4.03. The van der Waals surface area contributed by atoms with Crippen LogP contribution in [-0.2, 0) is 9.53 Å². The Morgan fingerprint density at radius 3 is 2.10 bits per heavy atom. The molecular formula is C16H9Br2NO2. The van der Waals surface area contributed by atoms with Gasteiger partial charge in [-0.15, -0.1) is 0 Å². The van der Waals surface area contributed by atoms with Crippen molar-refractivity contribution in [3.05, 3.63) is 74.3 Å². The van der Waals surface area contributed by atoms with Crippen molar-refractivity contribution in [2.45, 2.75) is 0 Å². The quantitative estimate of drug-likeness (QED) is 0.541. The van der Waals surface area contributed by atoms with Crippen molar-refractivity contribution < 1.29 is 9.53 Å². The van der Waals surface area contributed by atoms with E-state index in [4.69, 9.17) is 4.74 Å². The average Bonchev–Trinajstić information content (AvgIpc) is 2.83. The first-order valence-corrected chi connectivity index (χ1v) is 7.74. The number of rotatable bonds is 2. The molecule has 0 fully saturated rings. The maximum absolute atomic E-state index is 11.9. The zero-order valence-corrected chi connectivity index (χ0v) is 13.9. The molecular weight excluding hydrogens is 398 g/mol. The number of hydrogen-bond donors (Lipinski definition) is 0. The Bertz CT molecular complexity index is 747. The highest BCUT2D eigenvalue weighted by atomic mass is 79.9. The first-order valence-electron chi connectivity index (χ1n) is 6.16. The van der Waals surface area contributed by atoms with E-state index in [0.29, 0.717) is 11.6 Å². The largest absolute Gasteiger partial charge is 0.402 e. The molecule has 3 nitrogen and oxygen atoms in total. The van der Waals surface area contributed by atoms with E-state index in [1.165, 1.54) is 0 Å². The molecule has 0 amide bonds. The second-order valence-corrected chi connectivity index (χ2v) is 6.23. The minimum atomic E-state index is -0.434. The van der Waals surface area contributed by atoms with E-state index in [-0.39, 0.29) is 0 Å². The van der Waals surface area contributed by atoms with Gasteiger partial charge < -0.3 is 4.74 Å². The van der Waals surface area contributed by atoms with Crippen molar-refractivity contribution in [3.8, 4) is 0 Å². The number of benzene rings is 2. The predicted molar refractivity (Wildman–Crippen MR) is 88.9 cm³/mol. The van der Waals surface area contributed by atoms with E-state index < -0.39 is 5.97 Å². The molecule has 1 heterocycles. The van der Waals surface area contributed by atoms with E-state index in [2.05, 4.69) is 36.9 Å². The highest BCUT2D eigenvalue weighted by molar-refractivity contribution is 9.10. The molecule has 0 N–H and O–H groups in total. The van der Waals surface area contributed by atoms with Crippen LogP contribution in [0, 0.1) is 0 Å². The molecule has 0 aliphatic carbocycles. The molecule has 104 valence electrons. The third kappa shape index (κ3) is 3.31. The molecule has 0 saturated carbocycles. The standard InChI is InChI=1S/C16H9Br2NO2/c17-12-5-1-10(2-6-12)9-14-16(20)21-15(19-14)11-3-7-13(18)8-4-11/h1-9H/b14-9-. The summed E-state index contributed by atoms with van der Waals surface area (Å²) in [6.45, 7) is 0. The summed E-state index contributed by atoms with van der Waals surface area (Å²) < 4.78 is 7.16. The third-order valence-corrected chi connectivity index (χ3v) is 3.94. The van der Waals surface area contributed by atoms with E-state index in [1.54, 1.807) is 6.08 Å². The zero-order valence-electron chi connectivity index (χ0n) is 10.7. The van der Waals surface area contributed by atoms with Gasteiger partial charge in [-0.05, 0) is 48.0 Å². The lowest BCUT2D eigenvalue weighted by Crippen LogP contribution is -2.05. The molecule has 0 aromatic heterocycles. The molecule has 0 bridgehead atoms. The minimum absolute atomic E-state index is 0.301. The van der Waals surface area contributed by atoms with Crippen LogP contribution in [0.1, 0.15) is 11.1 Å². The Labute approximate surface area is 138 Å². The number of esters is 1. The number of hydrogen-bond acceptors (Lipinski definition) is 3. The highest BCUT2D eigenvalue weighted by Crippen LogP contribution is 2.21. The summed E-state index contributed by atoms with van der Waals surface area (Å²) in [5.41, 5.74) is 1.96. The van der Waals surface area contributed by atoms with Crippen LogP contribution in [0.15, 0.2) is 68.2 Å². The fourth-order valence-electron chi connectivity index (χ4n) is 1.84. The monoisotopic (exact) mass is 405 g/mol. The van der Waals surface area contributed by atoms with Crippen LogP contribution in [0.3, 0.4) is 0 Å². The second-order valence-electron chi connectivity index (χ2n) is 4.39. The molecule has 3 rings (SSSR count).